The van der Waals surface area contributed by atoms with E-state index in [9.17, 15) is 9.59 Å². The highest BCUT2D eigenvalue weighted by molar-refractivity contribution is 5.98. The first-order chi connectivity index (χ1) is 9.50. The Morgan fingerprint density at radius 3 is 2.70 bits per heavy atom. The number of rotatable bonds is 4. The Kier molecular flexibility index (Phi) is 4.39. The molecule has 1 fully saturated rings. The summed E-state index contributed by atoms with van der Waals surface area (Å²) < 4.78 is 0. The van der Waals surface area contributed by atoms with Crippen molar-refractivity contribution in [2.45, 2.75) is 32.7 Å². The van der Waals surface area contributed by atoms with Gasteiger partial charge in [-0.1, -0.05) is 0 Å². The number of H-pyrrole nitrogens is 1. The van der Waals surface area contributed by atoms with E-state index in [1.807, 2.05) is 0 Å². The van der Waals surface area contributed by atoms with Crippen LogP contribution in [0.25, 0.3) is 0 Å². The summed E-state index contributed by atoms with van der Waals surface area (Å²) >= 11 is 0. The van der Waals surface area contributed by atoms with E-state index in [0.29, 0.717) is 23.5 Å². The van der Waals surface area contributed by atoms with Gasteiger partial charge >= 0.3 is 0 Å². The first-order valence-electron chi connectivity index (χ1n) is 6.82. The molecule has 7 nitrogen and oxygen atoms in total. The molecule has 7 heteroatoms. The van der Waals surface area contributed by atoms with Gasteiger partial charge in [-0.15, -0.1) is 0 Å². The molecule has 0 aromatic carbocycles. The van der Waals surface area contributed by atoms with E-state index < -0.39 is 5.91 Å². The van der Waals surface area contributed by atoms with Gasteiger partial charge in [-0.3, -0.25) is 14.7 Å². The van der Waals surface area contributed by atoms with E-state index in [-0.39, 0.29) is 18.5 Å². The number of nitrogens with two attached hydrogens (primary N) is 1. The van der Waals surface area contributed by atoms with Gasteiger partial charge in [0.25, 0.3) is 5.91 Å². The lowest BCUT2D eigenvalue weighted by Crippen LogP contribution is -2.51. The normalized spacial score (nSPS) is 18.8. The number of amides is 2. The second kappa shape index (κ2) is 6.04. The molecule has 0 bridgehead atoms. The SMILES string of the molecule is Cc1n[nH]c(C)c1C(=O)N(CC(N)=O)C1CCCNC1. The number of hydrogen-bond acceptors (Lipinski definition) is 4. The molecule has 1 aromatic rings. The molecule has 110 valence electrons. The van der Waals surface area contributed by atoms with Gasteiger partial charge in [0.05, 0.1) is 17.8 Å². The third kappa shape index (κ3) is 2.98. The van der Waals surface area contributed by atoms with E-state index in [0.717, 1.165) is 19.4 Å². The number of aromatic nitrogens is 2. The van der Waals surface area contributed by atoms with Gasteiger partial charge in [-0.2, -0.15) is 5.10 Å². The van der Waals surface area contributed by atoms with Crippen molar-refractivity contribution in [2.75, 3.05) is 19.6 Å². The smallest absolute Gasteiger partial charge is 0.258 e. The predicted molar refractivity (Wildman–Crippen MR) is 74.2 cm³/mol. The summed E-state index contributed by atoms with van der Waals surface area (Å²) in [5.74, 6) is -0.677. The minimum atomic E-state index is -0.497. The van der Waals surface area contributed by atoms with Crippen LogP contribution in [0.1, 0.15) is 34.6 Å². The van der Waals surface area contributed by atoms with E-state index in [2.05, 4.69) is 15.5 Å². The minimum absolute atomic E-state index is 0.00236. The van der Waals surface area contributed by atoms with Crippen LogP contribution in [0.3, 0.4) is 0 Å². The Labute approximate surface area is 117 Å². The maximum atomic E-state index is 12.7. The highest BCUT2D eigenvalue weighted by Crippen LogP contribution is 2.17. The van der Waals surface area contributed by atoms with Crippen molar-refractivity contribution in [3.05, 3.63) is 17.0 Å². The van der Waals surface area contributed by atoms with Crippen molar-refractivity contribution in [2.24, 2.45) is 5.73 Å². The lowest BCUT2D eigenvalue weighted by atomic mass is 10.0. The van der Waals surface area contributed by atoms with E-state index >= 15 is 0 Å². The average Bonchev–Trinajstić information content (AvgIpc) is 2.75. The van der Waals surface area contributed by atoms with Crippen molar-refractivity contribution < 1.29 is 9.59 Å². The first kappa shape index (κ1) is 14.5. The maximum Gasteiger partial charge on any atom is 0.258 e. The summed E-state index contributed by atoms with van der Waals surface area (Å²) in [7, 11) is 0. The summed E-state index contributed by atoms with van der Waals surface area (Å²) in [5, 5.41) is 10.1. The number of aromatic amines is 1. The summed E-state index contributed by atoms with van der Waals surface area (Å²) in [4.78, 5) is 25.6. The molecule has 2 heterocycles. The van der Waals surface area contributed by atoms with Crippen molar-refractivity contribution in [1.82, 2.24) is 20.4 Å². The number of carbonyl (C=O) groups is 2. The Morgan fingerprint density at radius 2 is 2.20 bits per heavy atom. The number of nitrogens with zero attached hydrogens (tertiary/aromatic N) is 2. The monoisotopic (exact) mass is 279 g/mol. The Hall–Kier alpha value is -1.89. The van der Waals surface area contributed by atoms with Gasteiger partial charge < -0.3 is 16.0 Å². The fourth-order valence-corrected chi connectivity index (χ4v) is 2.64. The van der Waals surface area contributed by atoms with Crippen molar-refractivity contribution in [3.63, 3.8) is 0 Å². The molecule has 1 unspecified atom stereocenters. The van der Waals surface area contributed by atoms with Gasteiger partial charge in [0.15, 0.2) is 0 Å². The number of nitrogens with one attached hydrogen (secondary N) is 2. The number of primary amides is 1. The minimum Gasteiger partial charge on any atom is -0.368 e. The van der Waals surface area contributed by atoms with E-state index in [1.165, 1.54) is 0 Å². The predicted octanol–water partition coefficient (Wildman–Crippen LogP) is -0.294. The largest absolute Gasteiger partial charge is 0.368 e. The van der Waals surface area contributed by atoms with Crippen LogP contribution in [-0.2, 0) is 4.79 Å². The van der Waals surface area contributed by atoms with Gasteiger partial charge in [0.1, 0.15) is 0 Å². The zero-order chi connectivity index (χ0) is 14.7. The molecule has 0 radical (unpaired) electrons. The molecular weight excluding hydrogens is 258 g/mol. The Bertz CT molecular complexity index is 485. The van der Waals surface area contributed by atoms with Crippen molar-refractivity contribution in [1.29, 1.82) is 0 Å². The molecule has 1 atom stereocenters. The van der Waals surface area contributed by atoms with Crippen LogP contribution in [0, 0.1) is 13.8 Å². The van der Waals surface area contributed by atoms with Gasteiger partial charge in [0.2, 0.25) is 5.91 Å². The molecule has 2 rings (SSSR count). The third-order valence-electron chi connectivity index (χ3n) is 3.64. The molecule has 0 saturated carbocycles. The van der Waals surface area contributed by atoms with Crippen LogP contribution in [0.4, 0.5) is 0 Å². The summed E-state index contributed by atoms with van der Waals surface area (Å²) in [6.07, 6.45) is 1.86. The summed E-state index contributed by atoms with van der Waals surface area (Å²) in [5.41, 5.74) is 7.19. The van der Waals surface area contributed by atoms with E-state index in [4.69, 9.17) is 5.73 Å². The van der Waals surface area contributed by atoms with Crippen LogP contribution in [0.15, 0.2) is 0 Å². The lowest BCUT2D eigenvalue weighted by Gasteiger charge is -2.34. The molecule has 20 heavy (non-hydrogen) atoms. The van der Waals surface area contributed by atoms with Gasteiger partial charge in [-0.05, 0) is 33.2 Å². The van der Waals surface area contributed by atoms with Crippen LogP contribution in [-0.4, -0.2) is 52.6 Å². The van der Waals surface area contributed by atoms with Crippen LogP contribution in [0.2, 0.25) is 0 Å². The number of piperidine rings is 1. The molecule has 4 N–H and O–H groups in total. The molecule has 2 amide bonds. The van der Waals surface area contributed by atoms with Gasteiger partial charge in [0, 0.05) is 18.3 Å². The highest BCUT2D eigenvalue weighted by Gasteiger charge is 2.29. The molecule has 0 spiro atoms. The first-order valence-corrected chi connectivity index (χ1v) is 6.82. The number of hydrogen-bond donors (Lipinski definition) is 3. The zero-order valence-corrected chi connectivity index (χ0v) is 11.9. The lowest BCUT2D eigenvalue weighted by molar-refractivity contribution is -0.119. The van der Waals surface area contributed by atoms with Crippen LogP contribution >= 0.6 is 0 Å². The van der Waals surface area contributed by atoms with Crippen molar-refractivity contribution in [3.8, 4) is 0 Å². The summed E-state index contributed by atoms with van der Waals surface area (Å²) in [6, 6.07) is -0.00236. The Morgan fingerprint density at radius 1 is 1.45 bits per heavy atom. The Balaban J connectivity index is 2.25. The fraction of sp³-hybridized carbons (Fsp3) is 0.615. The highest BCUT2D eigenvalue weighted by atomic mass is 16.2. The number of aryl methyl sites for hydroxylation is 2. The maximum absolute atomic E-state index is 12.7. The third-order valence-corrected chi connectivity index (χ3v) is 3.64. The molecule has 0 aliphatic carbocycles. The van der Waals surface area contributed by atoms with E-state index in [1.54, 1.807) is 18.7 Å². The quantitative estimate of drug-likeness (QED) is 0.704. The number of carbonyl (C=O) groups excluding carboxylic acids is 2. The molecule has 1 saturated heterocycles. The zero-order valence-electron chi connectivity index (χ0n) is 11.9. The van der Waals surface area contributed by atoms with Crippen LogP contribution < -0.4 is 11.1 Å². The van der Waals surface area contributed by atoms with Crippen molar-refractivity contribution >= 4 is 11.8 Å². The second-order valence-electron chi connectivity index (χ2n) is 5.21. The second-order valence-corrected chi connectivity index (χ2v) is 5.21. The topological polar surface area (TPSA) is 104 Å². The standard InChI is InChI=1S/C13H21N5O2/c1-8-12(9(2)17-16-8)13(20)18(7-11(14)19)10-4-3-5-15-6-10/h10,15H,3-7H2,1-2H3,(H2,14,19)(H,16,17). The molecule has 1 aliphatic heterocycles. The molecule has 1 aromatic heterocycles. The fourth-order valence-electron chi connectivity index (χ4n) is 2.64. The van der Waals surface area contributed by atoms with Gasteiger partial charge in [-0.25, -0.2) is 0 Å². The molecular formula is C13H21N5O2. The summed E-state index contributed by atoms with van der Waals surface area (Å²) in [6.45, 7) is 5.15. The average molecular weight is 279 g/mol. The molecule has 1 aliphatic rings. The van der Waals surface area contributed by atoms with Crippen LogP contribution in [0.5, 0.6) is 0 Å².